The Kier molecular flexibility index (Phi) is 4.09. The summed E-state index contributed by atoms with van der Waals surface area (Å²) in [6.07, 6.45) is 3.98. The van der Waals surface area contributed by atoms with Crippen LogP contribution in [0.3, 0.4) is 0 Å². The number of nitrogens with two attached hydrogens (primary N) is 1. The fourth-order valence-corrected chi connectivity index (χ4v) is 2.37. The molecule has 0 spiro atoms. The smallest absolute Gasteiger partial charge is 0.269 e. The first-order valence-corrected chi connectivity index (χ1v) is 6.23. The predicted octanol–water partition coefficient (Wildman–Crippen LogP) is 0.317. The molecule has 0 aliphatic carbocycles. The number of aliphatic hydroxyl groups is 1. The highest BCUT2D eigenvalue weighted by Gasteiger charge is 2.25. The number of carbonyl (C=O) groups is 1. The van der Waals surface area contributed by atoms with Gasteiger partial charge in [-0.3, -0.25) is 4.79 Å². The molecular weight excluding hydrogens is 232 g/mol. The quantitative estimate of drug-likeness (QED) is 0.785. The Hall–Kier alpha value is -1.69. The van der Waals surface area contributed by atoms with E-state index in [0.29, 0.717) is 6.04 Å². The van der Waals surface area contributed by atoms with Gasteiger partial charge in [-0.05, 0) is 37.8 Å². The average molecular weight is 250 g/mol. The molecule has 1 saturated heterocycles. The minimum Gasteiger partial charge on any atom is -0.396 e. The van der Waals surface area contributed by atoms with Crippen LogP contribution in [0, 0.1) is 0 Å². The van der Waals surface area contributed by atoms with Crippen LogP contribution in [0.5, 0.6) is 0 Å². The lowest BCUT2D eigenvalue weighted by atomic mass is 10.1. The van der Waals surface area contributed by atoms with E-state index < -0.39 is 5.91 Å². The minimum atomic E-state index is -0.563. The number of aromatic nitrogens is 2. The summed E-state index contributed by atoms with van der Waals surface area (Å²) in [5.74, 6) is 0.216. The Morgan fingerprint density at radius 1 is 1.50 bits per heavy atom. The van der Waals surface area contributed by atoms with E-state index in [0.717, 1.165) is 38.0 Å². The van der Waals surface area contributed by atoms with Gasteiger partial charge in [-0.1, -0.05) is 0 Å². The van der Waals surface area contributed by atoms with Crippen molar-refractivity contribution in [1.82, 2.24) is 10.2 Å². The molecule has 98 valence electrons. The normalized spacial score (nSPS) is 19.2. The number of anilines is 1. The third kappa shape index (κ3) is 2.76. The van der Waals surface area contributed by atoms with Gasteiger partial charge >= 0.3 is 0 Å². The number of hydrogen-bond acceptors (Lipinski definition) is 5. The topological polar surface area (TPSA) is 92.3 Å². The molecule has 1 amide bonds. The number of hydrogen-bond donors (Lipinski definition) is 2. The second-order valence-electron chi connectivity index (χ2n) is 4.50. The SMILES string of the molecule is NC(=O)c1ccc(N2CCCC2CCCO)nn1. The number of primary amides is 1. The lowest BCUT2D eigenvalue weighted by molar-refractivity contribution is 0.0994. The summed E-state index contributed by atoms with van der Waals surface area (Å²) in [6, 6.07) is 3.79. The molecule has 0 bridgehead atoms. The molecule has 1 unspecified atom stereocenters. The van der Waals surface area contributed by atoms with Crippen LogP contribution in [-0.4, -0.2) is 40.4 Å². The van der Waals surface area contributed by atoms with E-state index >= 15 is 0 Å². The first-order valence-electron chi connectivity index (χ1n) is 6.23. The van der Waals surface area contributed by atoms with E-state index in [4.69, 9.17) is 10.8 Å². The van der Waals surface area contributed by atoms with E-state index in [1.54, 1.807) is 12.1 Å². The molecule has 6 heteroatoms. The van der Waals surface area contributed by atoms with Gasteiger partial charge in [-0.25, -0.2) is 0 Å². The zero-order valence-corrected chi connectivity index (χ0v) is 10.2. The second-order valence-corrected chi connectivity index (χ2v) is 4.50. The zero-order valence-electron chi connectivity index (χ0n) is 10.2. The number of nitrogens with zero attached hydrogens (tertiary/aromatic N) is 3. The molecule has 2 rings (SSSR count). The number of carbonyl (C=O) groups excluding carboxylic acids is 1. The molecule has 1 atom stereocenters. The van der Waals surface area contributed by atoms with Crippen molar-refractivity contribution in [2.75, 3.05) is 18.1 Å². The lowest BCUT2D eigenvalue weighted by Crippen LogP contribution is -2.30. The molecule has 1 aliphatic heterocycles. The molecule has 18 heavy (non-hydrogen) atoms. The highest BCUT2D eigenvalue weighted by molar-refractivity contribution is 5.90. The van der Waals surface area contributed by atoms with Crippen LogP contribution in [0.1, 0.15) is 36.2 Å². The Bertz CT molecular complexity index is 407. The Labute approximate surface area is 106 Å². The van der Waals surface area contributed by atoms with Gasteiger partial charge in [0.05, 0.1) is 0 Å². The van der Waals surface area contributed by atoms with Crippen LogP contribution >= 0.6 is 0 Å². The summed E-state index contributed by atoms with van der Waals surface area (Å²) >= 11 is 0. The Balaban J connectivity index is 2.07. The van der Waals surface area contributed by atoms with Crippen molar-refractivity contribution < 1.29 is 9.90 Å². The van der Waals surface area contributed by atoms with Gasteiger partial charge in [0, 0.05) is 19.2 Å². The predicted molar refractivity (Wildman–Crippen MR) is 67.2 cm³/mol. The summed E-state index contributed by atoms with van der Waals surface area (Å²) in [6.45, 7) is 1.16. The summed E-state index contributed by atoms with van der Waals surface area (Å²) in [5, 5.41) is 16.8. The number of rotatable bonds is 5. The van der Waals surface area contributed by atoms with Gasteiger partial charge in [0.25, 0.3) is 5.91 Å². The molecule has 1 aromatic heterocycles. The summed E-state index contributed by atoms with van der Waals surface area (Å²) in [7, 11) is 0. The second kappa shape index (κ2) is 5.77. The maximum absolute atomic E-state index is 10.9. The largest absolute Gasteiger partial charge is 0.396 e. The van der Waals surface area contributed by atoms with Crippen molar-refractivity contribution in [2.24, 2.45) is 5.73 Å². The Morgan fingerprint density at radius 3 is 2.94 bits per heavy atom. The minimum absolute atomic E-state index is 0.185. The fraction of sp³-hybridized carbons (Fsp3) is 0.583. The van der Waals surface area contributed by atoms with Crippen LogP contribution in [0.2, 0.25) is 0 Å². The number of aliphatic hydroxyl groups excluding tert-OH is 1. The lowest BCUT2D eigenvalue weighted by Gasteiger charge is -2.25. The van der Waals surface area contributed by atoms with Crippen LogP contribution in [0.25, 0.3) is 0 Å². The van der Waals surface area contributed by atoms with Gasteiger partial charge in [-0.15, -0.1) is 10.2 Å². The summed E-state index contributed by atoms with van der Waals surface area (Å²) in [5.41, 5.74) is 5.31. The van der Waals surface area contributed by atoms with E-state index in [2.05, 4.69) is 15.1 Å². The molecule has 0 aromatic carbocycles. The molecule has 6 nitrogen and oxygen atoms in total. The van der Waals surface area contributed by atoms with Gasteiger partial charge in [0.1, 0.15) is 0 Å². The highest BCUT2D eigenvalue weighted by atomic mass is 16.2. The summed E-state index contributed by atoms with van der Waals surface area (Å²) in [4.78, 5) is 13.1. The van der Waals surface area contributed by atoms with Crippen molar-refractivity contribution in [1.29, 1.82) is 0 Å². The molecule has 1 fully saturated rings. The van der Waals surface area contributed by atoms with E-state index in [9.17, 15) is 4.79 Å². The third-order valence-electron chi connectivity index (χ3n) is 3.27. The van der Waals surface area contributed by atoms with Crippen molar-refractivity contribution in [3.05, 3.63) is 17.8 Å². The first-order chi connectivity index (χ1) is 8.72. The van der Waals surface area contributed by atoms with Gasteiger partial charge in [0.15, 0.2) is 11.5 Å². The maximum atomic E-state index is 10.9. The molecule has 3 N–H and O–H groups in total. The monoisotopic (exact) mass is 250 g/mol. The van der Waals surface area contributed by atoms with Gasteiger partial charge < -0.3 is 15.7 Å². The third-order valence-corrected chi connectivity index (χ3v) is 3.27. The van der Waals surface area contributed by atoms with E-state index in [1.807, 2.05) is 0 Å². The van der Waals surface area contributed by atoms with Crippen molar-refractivity contribution >= 4 is 11.7 Å². The number of amides is 1. The summed E-state index contributed by atoms with van der Waals surface area (Å²) < 4.78 is 0. The van der Waals surface area contributed by atoms with Crippen LogP contribution in [-0.2, 0) is 0 Å². The standard InChI is InChI=1S/C12H18N4O2/c13-12(18)10-5-6-11(15-14-10)16-7-1-3-9(16)4-2-8-17/h5-6,9,17H,1-4,7-8H2,(H2,13,18). The first kappa shape index (κ1) is 12.8. The average Bonchev–Trinajstić information content (AvgIpc) is 2.84. The van der Waals surface area contributed by atoms with Crippen molar-refractivity contribution in [2.45, 2.75) is 31.7 Å². The maximum Gasteiger partial charge on any atom is 0.269 e. The van der Waals surface area contributed by atoms with Crippen molar-refractivity contribution in [3.63, 3.8) is 0 Å². The van der Waals surface area contributed by atoms with E-state index in [-0.39, 0.29) is 12.3 Å². The Morgan fingerprint density at radius 2 is 2.33 bits per heavy atom. The highest BCUT2D eigenvalue weighted by Crippen LogP contribution is 2.26. The molecule has 2 heterocycles. The van der Waals surface area contributed by atoms with Gasteiger partial charge in [0.2, 0.25) is 0 Å². The van der Waals surface area contributed by atoms with E-state index in [1.165, 1.54) is 0 Å². The molecule has 1 aliphatic rings. The zero-order chi connectivity index (χ0) is 13.0. The fourth-order valence-electron chi connectivity index (χ4n) is 2.37. The molecule has 1 aromatic rings. The van der Waals surface area contributed by atoms with Gasteiger partial charge in [-0.2, -0.15) is 0 Å². The van der Waals surface area contributed by atoms with Crippen LogP contribution in [0.4, 0.5) is 5.82 Å². The molecule has 0 radical (unpaired) electrons. The molecule has 0 saturated carbocycles. The molecular formula is C12H18N4O2. The van der Waals surface area contributed by atoms with Crippen molar-refractivity contribution in [3.8, 4) is 0 Å². The van der Waals surface area contributed by atoms with Crippen LogP contribution in [0.15, 0.2) is 12.1 Å². The van der Waals surface area contributed by atoms with Crippen LogP contribution < -0.4 is 10.6 Å².